The number of hydrogen-bond acceptors (Lipinski definition) is 7. The Bertz CT molecular complexity index is 967. The van der Waals surface area contributed by atoms with E-state index in [1.54, 1.807) is 21.5 Å². The fourth-order valence-electron chi connectivity index (χ4n) is 5.33. The molecule has 6 heterocycles. The molecule has 0 bridgehead atoms. The normalized spacial score (nSPS) is 25.5. The van der Waals surface area contributed by atoms with Gasteiger partial charge in [0.25, 0.3) is 11.8 Å². The maximum Gasteiger partial charge on any atom is 0.273 e. The van der Waals surface area contributed by atoms with E-state index in [9.17, 15) is 22.4 Å². The fourth-order valence-corrected chi connectivity index (χ4v) is 5.33. The van der Waals surface area contributed by atoms with Gasteiger partial charge in [-0.05, 0) is 12.1 Å². The van der Waals surface area contributed by atoms with Crippen molar-refractivity contribution in [2.24, 2.45) is 0 Å². The lowest BCUT2D eigenvalue weighted by atomic mass is 9.91. The average Bonchev–Trinajstić information content (AvgIpc) is 3.35. The highest BCUT2D eigenvalue weighted by Gasteiger charge is 2.55. The quantitative estimate of drug-likeness (QED) is 0.582. The Morgan fingerprint density at radius 1 is 0.794 bits per heavy atom. The number of rotatable bonds is 6. The standard InChI is InChI=1S/C21H26F4N8O/c22-20(23)9-30(10-20)17(15-5-13-7-26-1-3-32(13)28-15)19(34)18(31-11-21(24,25)12-31)16-6-14-8-27-2-4-33(14)29-16/h5-6,17-18,26-27H,1-4,7-12H2. The first kappa shape index (κ1) is 22.1. The summed E-state index contributed by atoms with van der Waals surface area (Å²) < 4.78 is 59.0. The molecule has 0 radical (unpaired) electrons. The molecular weight excluding hydrogens is 456 g/mol. The number of hydrogen-bond donors (Lipinski definition) is 2. The van der Waals surface area contributed by atoms with Crippen molar-refractivity contribution in [2.75, 3.05) is 39.3 Å². The Balaban J connectivity index is 1.37. The van der Waals surface area contributed by atoms with Gasteiger partial charge in [0.15, 0.2) is 5.78 Å². The van der Waals surface area contributed by atoms with Gasteiger partial charge in [-0.2, -0.15) is 10.2 Å². The van der Waals surface area contributed by atoms with Gasteiger partial charge in [0.2, 0.25) is 0 Å². The topological polar surface area (TPSA) is 83.2 Å². The number of likely N-dealkylation sites (tertiary alicyclic amines) is 2. The van der Waals surface area contributed by atoms with Gasteiger partial charge in [0, 0.05) is 26.2 Å². The number of alkyl halides is 4. The van der Waals surface area contributed by atoms with E-state index in [0.29, 0.717) is 50.7 Å². The minimum absolute atomic E-state index is 0.377. The van der Waals surface area contributed by atoms with Crippen molar-refractivity contribution < 1.29 is 22.4 Å². The minimum Gasteiger partial charge on any atom is -0.309 e. The van der Waals surface area contributed by atoms with Crippen LogP contribution in [-0.4, -0.2) is 86.3 Å². The van der Waals surface area contributed by atoms with Crippen LogP contribution in [0.25, 0.3) is 0 Å². The summed E-state index contributed by atoms with van der Waals surface area (Å²) in [6, 6.07) is 1.40. The summed E-state index contributed by atoms with van der Waals surface area (Å²) in [6.45, 7) is 1.48. The average molecular weight is 482 g/mol. The number of aromatic nitrogens is 4. The van der Waals surface area contributed by atoms with E-state index in [1.165, 1.54) is 9.80 Å². The van der Waals surface area contributed by atoms with Crippen molar-refractivity contribution in [3.8, 4) is 0 Å². The molecule has 2 saturated heterocycles. The van der Waals surface area contributed by atoms with E-state index in [1.807, 2.05) is 0 Å². The molecule has 0 aromatic carbocycles. The number of fused-ring (bicyclic) bond motifs is 2. The van der Waals surface area contributed by atoms with E-state index in [-0.39, 0.29) is 0 Å². The maximum atomic E-state index is 14.1. The zero-order chi connectivity index (χ0) is 23.7. The van der Waals surface area contributed by atoms with Gasteiger partial charge >= 0.3 is 0 Å². The van der Waals surface area contributed by atoms with Gasteiger partial charge in [0.1, 0.15) is 12.1 Å². The minimum atomic E-state index is -2.89. The number of carbonyl (C=O) groups excluding carboxylic acids is 1. The van der Waals surface area contributed by atoms with E-state index < -0.39 is 55.9 Å². The number of nitrogens with one attached hydrogen (secondary N) is 2. The molecule has 2 fully saturated rings. The highest BCUT2D eigenvalue weighted by molar-refractivity contribution is 5.90. The van der Waals surface area contributed by atoms with Gasteiger partial charge < -0.3 is 10.6 Å². The van der Waals surface area contributed by atoms with Crippen LogP contribution in [0.4, 0.5) is 17.6 Å². The molecule has 2 N–H and O–H groups in total. The third-order valence-corrected chi connectivity index (χ3v) is 6.94. The lowest BCUT2D eigenvalue weighted by Gasteiger charge is -2.46. The van der Waals surface area contributed by atoms with Crippen molar-refractivity contribution in [3.63, 3.8) is 0 Å². The number of nitrogens with zero attached hydrogens (tertiary/aromatic N) is 6. The fraction of sp³-hybridized carbons (Fsp3) is 0.667. The summed E-state index contributed by atoms with van der Waals surface area (Å²) in [6.07, 6.45) is 0. The van der Waals surface area contributed by atoms with Crippen LogP contribution in [-0.2, 0) is 31.0 Å². The van der Waals surface area contributed by atoms with Crippen molar-refractivity contribution in [3.05, 3.63) is 34.9 Å². The van der Waals surface area contributed by atoms with Gasteiger partial charge in [0.05, 0.1) is 62.0 Å². The zero-order valence-corrected chi connectivity index (χ0v) is 18.5. The molecule has 2 unspecified atom stereocenters. The highest BCUT2D eigenvalue weighted by atomic mass is 19.3. The Labute approximate surface area is 193 Å². The molecule has 2 aromatic heterocycles. The van der Waals surface area contributed by atoms with Crippen LogP contribution in [0.1, 0.15) is 34.9 Å². The van der Waals surface area contributed by atoms with E-state index in [4.69, 9.17) is 0 Å². The predicted octanol–water partition coefficient (Wildman–Crippen LogP) is 0.539. The summed E-state index contributed by atoms with van der Waals surface area (Å²) >= 11 is 0. The Morgan fingerprint density at radius 2 is 1.21 bits per heavy atom. The third kappa shape index (κ3) is 3.84. The molecule has 2 aromatic rings. The molecule has 9 nitrogen and oxygen atoms in total. The number of carbonyl (C=O) groups is 1. The van der Waals surface area contributed by atoms with Crippen LogP contribution in [0.15, 0.2) is 12.1 Å². The number of halogens is 4. The molecular formula is C21H26F4N8O. The van der Waals surface area contributed by atoms with Crippen LogP contribution in [0.2, 0.25) is 0 Å². The molecule has 0 spiro atoms. The number of ketones is 1. The second-order valence-electron chi connectivity index (χ2n) is 9.65. The van der Waals surface area contributed by atoms with Crippen molar-refractivity contribution >= 4 is 5.78 Å². The summed E-state index contributed by atoms with van der Waals surface area (Å²) in [4.78, 5) is 16.8. The monoisotopic (exact) mass is 482 g/mol. The lowest BCUT2D eigenvalue weighted by Crippen LogP contribution is -2.62. The zero-order valence-electron chi connectivity index (χ0n) is 18.5. The van der Waals surface area contributed by atoms with Gasteiger partial charge in [-0.1, -0.05) is 0 Å². The molecule has 4 aliphatic heterocycles. The predicted molar refractivity (Wildman–Crippen MR) is 111 cm³/mol. The lowest BCUT2D eigenvalue weighted by molar-refractivity contribution is -0.173. The maximum absolute atomic E-state index is 14.1. The van der Waals surface area contributed by atoms with Gasteiger partial charge in [-0.3, -0.25) is 24.0 Å². The first-order chi connectivity index (χ1) is 16.2. The van der Waals surface area contributed by atoms with Gasteiger partial charge in [-0.15, -0.1) is 0 Å². The molecule has 0 aliphatic carbocycles. The van der Waals surface area contributed by atoms with Crippen molar-refractivity contribution in [1.29, 1.82) is 0 Å². The van der Waals surface area contributed by atoms with Crippen LogP contribution < -0.4 is 10.6 Å². The van der Waals surface area contributed by atoms with Crippen molar-refractivity contribution in [1.82, 2.24) is 40.0 Å². The van der Waals surface area contributed by atoms with Crippen LogP contribution in [0.3, 0.4) is 0 Å². The van der Waals surface area contributed by atoms with Crippen LogP contribution in [0, 0.1) is 0 Å². The van der Waals surface area contributed by atoms with E-state index >= 15 is 0 Å². The van der Waals surface area contributed by atoms with E-state index in [2.05, 4.69) is 20.8 Å². The number of Topliss-reactive ketones (excluding diaryl/α,β-unsaturated/α-hetero) is 1. The second-order valence-corrected chi connectivity index (χ2v) is 9.65. The van der Waals surface area contributed by atoms with Crippen LogP contribution in [0.5, 0.6) is 0 Å². The SMILES string of the molecule is O=C(C(c1cc2n(n1)CCNC2)N1CC(F)(F)C1)C(c1cc2n(n1)CCNC2)N1CC(F)(F)C1. The molecule has 13 heteroatoms. The smallest absolute Gasteiger partial charge is 0.273 e. The molecule has 34 heavy (non-hydrogen) atoms. The largest absolute Gasteiger partial charge is 0.309 e. The highest BCUT2D eigenvalue weighted by Crippen LogP contribution is 2.42. The Kier molecular flexibility index (Phi) is 5.10. The summed E-state index contributed by atoms with van der Waals surface area (Å²) in [5, 5.41) is 15.6. The third-order valence-electron chi connectivity index (χ3n) is 6.94. The first-order valence-corrected chi connectivity index (χ1v) is 11.5. The molecule has 2 atom stereocenters. The summed E-state index contributed by atoms with van der Waals surface area (Å²) in [5.74, 6) is -6.23. The van der Waals surface area contributed by atoms with Crippen molar-refractivity contribution in [2.45, 2.75) is 50.1 Å². The summed E-state index contributed by atoms with van der Waals surface area (Å²) in [5.41, 5.74) is 2.48. The summed E-state index contributed by atoms with van der Waals surface area (Å²) in [7, 11) is 0. The molecule has 6 rings (SSSR count). The Hall–Kier alpha value is -2.35. The molecule has 0 amide bonds. The van der Waals surface area contributed by atoms with Gasteiger partial charge in [-0.25, -0.2) is 17.6 Å². The first-order valence-electron chi connectivity index (χ1n) is 11.5. The van der Waals surface area contributed by atoms with Crippen LogP contribution >= 0.6 is 0 Å². The van der Waals surface area contributed by atoms with E-state index in [0.717, 1.165) is 11.4 Å². The second kappa shape index (κ2) is 7.83. The molecule has 4 aliphatic rings. The Morgan fingerprint density at radius 3 is 1.56 bits per heavy atom. The molecule has 184 valence electrons. The molecule has 0 saturated carbocycles.